The number of carbonyl (C=O) groups is 1. The van der Waals surface area contributed by atoms with Crippen LogP contribution in [0.25, 0.3) is 0 Å². The second kappa shape index (κ2) is 9.97. The number of nitrogens with one attached hydrogen (secondary N) is 1. The first-order valence-corrected chi connectivity index (χ1v) is 9.24. The summed E-state index contributed by atoms with van der Waals surface area (Å²) in [5, 5.41) is 3.21. The first-order chi connectivity index (χ1) is 11.7. The van der Waals surface area contributed by atoms with Gasteiger partial charge >= 0.3 is 0 Å². The van der Waals surface area contributed by atoms with Gasteiger partial charge in [-0.15, -0.1) is 13.2 Å². The molecule has 1 saturated heterocycles. The minimum atomic E-state index is 0.0944. The second-order valence-electron chi connectivity index (χ2n) is 6.93. The van der Waals surface area contributed by atoms with Gasteiger partial charge in [-0.3, -0.25) is 14.6 Å². The number of carbonyl (C=O) groups excluding carboxylic acids is 1. The predicted molar refractivity (Wildman–Crippen MR) is 98.1 cm³/mol. The van der Waals surface area contributed by atoms with Gasteiger partial charge in [0.05, 0.1) is 19.8 Å². The Morgan fingerprint density at radius 1 is 1.12 bits per heavy atom. The van der Waals surface area contributed by atoms with Gasteiger partial charge in [-0.05, 0) is 12.8 Å². The Kier molecular flexibility index (Phi) is 7.95. The molecule has 0 spiro atoms. The molecule has 24 heavy (non-hydrogen) atoms. The van der Waals surface area contributed by atoms with Gasteiger partial charge in [0.25, 0.3) is 0 Å². The molecule has 1 saturated carbocycles. The summed E-state index contributed by atoms with van der Waals surface area (Å²) < 4.78 is 5.51. The molecule has 5 heteroatoms. The average Bonchev–Trinajstić information content (AvgIpc) is 2.62. The third-order valence-electron chi connectivity index (χ3n) is 5.22. The first kappa shape index (κ1) is 19.2. The third kappa shape index (κ3) is 5.43. The maximum atomic E-state index is 12.4. The van der Waals surface area contributed by atoms with E-state index >= 15 is 0 Å². The van der Waals surface area contributed by atoms with Crippen LogP contribution in [0.4, 0.5) is 0 Å². The number of rotatable bonds is 9. The van der Waals surface area contributed by atoms with Crippen LogP contribution in [0.15, 0.2) is 25.3 Å². The Hall–Kier alpha value is -1.17. The van der Waals surface area contributed by atoms with Crippen molar-refractivity contribution >= 4 is 5.91 Å². The lowest BCUT2D eigenvalue weighted by Crippen LogP contribution is -2.60. The fraction of sp³-hybridized carbons (Fsp3) is 0.737. The smallest absolute Gasteiger partial charge is 0.234 e. The lowest BCUT2D eigenvalue weighted by atomic mass is 9.79. The fourth-order valence-corrected chi connectivity index (χ4v) is 3.94. The molecule has 1 heterocycles. The zero-order valence-electron chi connectivity index (χ0n) is 15.0. The third-order valence-corrected chi connectivity index (χ3v) is 5.22. The summed E-state index contributed by atoms with van der Waals surface area (Å²) in [6.45, 7) is 13.6. The van der Waals surface area contributed by atoms with E-state index in [0.29, 0.717) is 19.6 Å². The van der Waals surface area contributed by atoms with Crippen molar-refractivity contribution in [2.45, 2.75) is 37.6 Å². The van der Waals surface area contributed by atoms with E-state index in [9.17, 15) is 4.79 Å². The van der Waals surface area contributed by atoms with E-state index in [4.69, 9.17) is 4.74 Å². The number of morpholine rings is 1. The van der Waals surface area contributed by atoms with Crippen LogP contribution in [-0.2, 0) is 9.53 Å². The van der Waals surface area contributed by atoms with Crippen LogP contribution >= 0.6 is 0 Å². The van der Waals surface area contributed by atoms with Gasteiger partial charge in [-0.1, -0.05) is 31.4 Å². The van der Waals surface area contributed by atoms with Gasteiger partial charge in [0.2, 0.25) is 5.91 Å². The maximum Gasteiger partial charge on any atom is 0.234 e. The highest BCUT2D eigenvalue weighted by molar-refractivity contribution is 5.78. The molecule has 0 aromatic heterocycles. The molecule has 1 amide bonds. The normalized spacial score (nSPS) is 21.4. The second-order valence-corrected chi connectivity index (χ2v) is 6.93. The summed E-state index contributed by atoms with van der Waals surface area (Å²) in [5.74, 6) is 0.0944. The van der Waals surface area contributed by atoms with Gasteiger partial charge < -0.3 is 10.1 Å². The highest BCUT2D eigenvalue weighted by Crippen LogP contribution is 2.33. The average molecular weight is 335 g/mol. The van der Waals surface area contributed by atoms with Crippen LogP contribution in [0.1, 0.15) is 32.1 Å². The highest BCUT2D eigenvalue weighted by Gasteiger charge is 2.38. The molecule has 1 N–H and O–H groups in total. The van der Waals surface area contributed by atoms with E-state index in [-0.39, 0.29) is 11.4 Å². The summed E-state index contributed by atoms with van der Waals surface area (Å²) in [5.41, 5.74) is 0.124. The molecule has 1 aliphatic carbocycles. The van der Waals surface area contributed by atoms with E-state index in [1.807, 2.05) is 17.1 Å². The first-order valence-electron chi connectivity index (χ1n) is 9.24. The van der Waals surface area contributed by atoms with Crippen molar-refractivity contribution in [2.75, 3.05) is 52.5 Å². The number of hydrogen-bond acceptors (Lipinski definition) is 4. The van der Waals surface area contributed by atoms with Crippen LogP contribution < -0.4 is 5.32 Å². The van der Waals surface area contributed by atoms with Gasteiger partial charge in [0, 0.05) is 38.3 Å². The quantitative estimate of drug-likeness (QED) is 0.653. The minimum absolute atomic E-state index is 0.0944. The summed E-state index contributed by atoms with van der Waals surface area (Å²) >= 11 is 0. The molecule has 2 rings (SSSR count). The van der Waals surface area contributed by atoms with E-state index in [1.54, 1.807) is 0 Å². The molecular weight excluding hydrogens is 302 g/mol. The molecule has 2 aliphatic rings. The number of ether oxygens (including phenoxy) is 1. The SMILES string of the molecule is C=CCN(CC=C)CC(=O)NCC1(N2CCOCC2)CCCCC1. The molecule has 1 aliphatic heterocycles. The Morgan fingerprint density at radius 3 is 2.33 bits per heavy atom. The van der Waals surface area contributed by atoms with E-state index in [0.717, 1.165) is 32.8 Å². The molecule has 2 fully saturated rings. The molecule has 0 aromatic carbocycles. The Labute approximate surface area is 146 Å². The molecule has 0 unspecified atom stereocenters. The van der Waals surface area contributed by atoms with Crippen molar-refractivity contribution in [3.63, 3.8) is 0 Å². The zero-order valence-corrected chi connectivity index (χ0v) is 15.0. The summed E-state index contributed by atoms with van der Waals surface area (Å²) in [4.78, 5) is 17.0. The summed E-state index contributed by atoms with van der Waals surface area (Å²) in [6, 6.07) is 0. The zero-order chi connectivity index (χ0) is 17.3. The lowest BCUT2D eigenvalue weighted by Gasteiger charge is -2.48. The molecule has 136 valence electrons. The maximum absolute atomic E-state index is 12.4. The van der Waals surface area contributed by atoms with E-state index < -0.39 is 0 Å². The van der Waals surface area contributed by atoms with Crippen LogP contribution in [-0.4, -0.2) is 73.7 Å². The molecule has 5 nitrogen and oxygen atoms in total. The van der Waals surface area contributed by atoms with Crippen LogP contribution in [0, 0.1) is 0 Å². The van der Waals surface area contributed by atoms with E-state index in [1.165, 1.54) is 32.1 Å². The standard InChI is InChI=1S/C19H33N3O2/c1-3-10-21(11-4-2)16-18(23)20-17-19(8-6-5-7-9-19)22-12-14-24-15-13-22/h3-4H,1-2,5-17H2,(H,20,23). The van der Waals surface area contributed by atoms with Crippen molar-refractivity contribution < 1.29 is 9.53 Å². The molecular formula is C19H33N3O2. The minimum Gasteiger partial charge on any atom is -0.379 e. The predicted octanol–water partition coefficient (Wildman–Crippen LogP) is 1.81. The van der Waals surface area contributed by atoms with Gasteiger partial charge in [-0.2, -0.15) is 0 Å². The Balaban J connectivity index is 1.90. The van der Waals surface area contributed by atoms with Crippen molar-refractivity contribution in [1.82, 2.24) is 15.1 Å². The van der Waals surface area contributed by atoms with Crippen molar-refractivity contribution in [2.24, 2.45) is 0 Å². The molecule has 0 aromatic rings. The van der Waals surface area contributed by atoms with Crippen LogP contribution in [0.5, 0.6) is 0 Å². The highest BCUT2D eigenvalue weighted by atomic mass is 16.5. The van der Waals surface area contributed by atoms with Crippen molar-refractivity contribution in [1.29, 1.82) is 0 Å². The topological polar surface area (TPSA) is 44.8 Å². The molecule has 0 radical (unpaired) electrons. The van der Waals surface area contributed by atoms with Crippen LogP contribution in [0.2, 0.25) is 0 Å². The van der Waals surface area contributed by atoms with Gasteiger partial charge in [-0.25, -0.2) is 0 Å². The van der Waals surface area contributed by atoms with Gasteiger partial charge in [0.15, 0.2) is 0 Å². The van der Waals surface area contributed by atoms with Gasteiger partial charge in [0.1, 0.15) is 0 Å². The molecule has 0 bridgehead atoms. The Bertz CT molecular complexity index is 403. The molecule has 0 atom stereocenters. The summed E-state index contributed by atoms with van der Waals surface area (Å²) in [7, 11) is 0. The fourth-order valence-electron chi connectivity index (χ4n) is 3.94. The number of amides is 1. The summed E-state index contributed by atoms with van der Waals surface area (Å²) in [6.07, 6.45) is 9.83. The Morgan fingerprint density at radius 2 is 1.75 bits per heavy atom. The number of nitrogens with zero attached hydrogens (tertiary/aromatic N) is 2. The monoisotopic (exact) mass is 335 g/mol. The van der Waals surface area contributed by atoms with Crippen molar-refractivity contribution in [3.05, 3.63) is 25.3 Å². The van der Waals surface area contributed by atoms with Crippen molar-refractivity contribution in [3.8, 4) is 0 Å². The lowest BCUT2D eigenvalue weighted by molar-refractivity contribution is -0.123. The van der Waals surface area contributed by atoms with E-state index in [2.05, 4.69) is 23.4 Å². The largest absolute Gasteiger partial charge is 0.379 e. The number of hydrogen-bond donors (Lipinski definition) is 1. The van der Waals surface area contributed by atoms with Crippen LogP contribution in [0.3, 0.4) is 0 Å².